The molecule has 0 amide bonds. The van der Waals surface area contributed by atoms with Gasteiger partial charge in [0.2, 0.25) is 0 Å². The van der Waals surface area contributed by atoms with E-state index in [1.54, 1.807) is 19.9 Å². The van der Waals surface area contributed by atoms with Crippen LogP contribution in [0, 0.1) is 18.3 Å². The third-order valence-corrected chi connectivity index (χ3v) is 3.93. The minimum atomic E-state index is -0.579. The Kier molecular flexibility index (Phi) is 4.91. The number of halogens is 1. The van der Waals surface area contributed by atoms with Gasteiger partial charge in [0.05, 0.1) is 6.10 Å². The third kappa shape index (κ3) is 3.99. The maximum atomic E-state index is 11.6. The lowest BCUT2D eigenvalue weighted by atomic mass is 10.2. The van der Waals surface area contributed by atoms with Crippen LogP contribution in [0.5, 0.6) is 0 Å². The Labute approximate surface area is 113 Å². The predicted octanol–water partition coefficient (Wildman–Crippen LogP) is 3.68. The van der Waals surface area contributed by atoms with Crippen molar-refractivity contribution in [2.75, 3.05) is 0 Å². The molecular weight excluding hydrogens is 302 g/mol. The fourth-order valence-electron chi connectivity index (χ4n) is 1.11. The maximum Gasteiger partial charge on any atom is 0.349 e. The molecule has 0 spiro atoms. The van der Waals surface area contributed by atoms with Crippen molar-refractivity contribution in [3.05, 3.63) is 25.9 Å². The zero-order valence-electron chi connectivity index (χ0n) is 9.78. The van der Waals surface area contributed by atoms with Crippen LogP contribution in [0.15, 0.2) is 16.1 Å². The first-order valence-corrected chi connectivity index (χ1v) is 6.63. The second-order valence-corrected chi connectivity index (χ2v) is 5.82. The van der Waals surface area contributed by atoms with Crippen LogP contribution in [0.25, 0.3) is 6.08 Å². The van der Waals surface area contributed by atoms with Crippen molar-refractivity contribution in [1.29, 1.82) is 5.26 Å². The predicted molar refractivity (Wildman–Crippen MR) is 71.6 cm³/mol. The Morgan fingerprint density at radius 3 is 2.71 bits per heavy atom. The van der Waals surface area contributed by atoms with Gasteiger partial charge in [0.25, 0.3) is 0 Å². The summed E-state index contributed by atoms with van der Waals surface area (Å²) >= 11 is 4.90. The summed E-state index contributed by atoms with van der Waals surface area (Å²) in [6, 6.07) is 3.74. The quantitative estimate of drug-likeness (QED) is 0.486. The highest BCUT2D eigenvalue weighted by molar-refractivity contribution is 9.10. The lowest BCUT2D eigenvalue weighted by Crippen LogP contribution is -2.12. The van der Waals surface area contributed by atoms with Crippen LogP contribution in [0.3, 0.4) is 0 Å². The highest BCUT2D eigenvalue weighted by Gasteiger charge is 2.13. The number of thiophene rings is 1. The third-order valence-electron chi connectivity index (χ3n) is 1.85. The van der Waals surface area contributed by atoms with Crippen LogP contribution < -0.4 is 0 Å². The van der Waals surface area contributed by atoms with Crippen LogP contribution in [0.2, 0.25) is 0 Å². The van der Waals surface area contributed by atoms with Crippen molar-refractivity contribution in [3.63, 3.8) is 0 Å². The zero-order valence-corrected chi connectivity index (χ0v) is 12.2. The van der Waals surface area contributed by atoms with E-state index in [1.807, 2.05) is 19.1 Å². The number of esters is 1. The monoisotopic (exact) mass is 313 g/mol. The summed E-state index contributed by atoms with van der Waals surface area (Å²) in [6.07, 6.45) is 1.32. The summed E-state index contributed by atoms with van der Waals surface area (Å²) in [5, 5.41) is 8.92. The number of nitriles is 1. The molecule has 0 radical (unpaired) electrons. The molecule has 1 heterocycles. The van der Waals surface area contributed by atoms with E-state index in [-0.39, 0.29) is 11.7 Å². The molecule has 0 aliphatic heterocycles. The average Bonchev–Trinajstić information content (AvgIpc) is 2.53. The van der Waals surface area contributed by atoms with E-state index in [4.69, 9.17) is 10.00 Å². The first-order valence-electron chi connectivity index (χ1n) is 5.02. The van der Waals surface area contributed by atoms with E-state index in [2.05, 4.69) is 15.9 Å². The van der Waals surface area contributed by atoms with Crippen molar-refractivity contribution in [2.45, 2.75) is 26.9 Å². The summed E-state index contributed by atoms with van der Waals surface area (Å²) in [6.45, 7) is 5.46. The second-order valence-electron chi connectivity index (χ2n) is 3.68. The molecule has 0 N–H and O–H groups in total. The van der Waals surface area contributed by atoms with Crippen molar-refractivity contribution in [1.82, 2.24) is 0 Å². The Hall–Kier alpha value is -1.12. The molecule has 0 aliphatic rings. The van der Waals surface area contributed by atoms with Gasteiger partial charge in [-0.2, -0.15) is 5.26 Å². The van der Waals surface area contributed by atoms with Crippen molar-refractivity contribution >= 4 is 39.3 Å². The maximum absolute atomic E-state index is 11.6. The van der Waals surface area contributed by atoms with Gasteiger partial charge in [0.1, 0.15) is 11.6 Å². The molecule has 0 atom stereocenters. The summed E-state index contributed by atoms with van der Waals surface area (Å²) in [5.41, 5.74) is 0.0208. The second kappa shape index (κ2) is 5.99. The average molecular weight is 314 g/mol. The van der Waals surface area contributed by atoms with Crippen LogP contribution in [0.1, 0.15) is 23.6 Å². The molecule has 3 nitrogen and oxygen atoms in total. The lowest BCUT2D eigenvalue weighted by Gasteiger charge is -2.05. The molecule has 5 heteroatoms. The number of aryl methyl sites for hydroxylation is 1. The van der Waals surface area contributed by atoms with E-state index in [0.29, 0.717) is 0 Å². The molecule has 0 bridgehead atoms. The van der Waals surface area contributed by atoms with Crippen LogP contribution in [-0.2, 0) is 9.53 Å². The van der Waals surface area contributed by atoms with Gasteiger partial charge in [-0.15, -0.1) is 11.3 Å². The van der Waals surface area contributed by atoms with Gasteiger partial charge in [-0.3, -0.25) is 0 Å². The first-order chi connectivity index (χ1) is 7.93. The SMILES string of the molecule is Cc1sc(/C=C(\C#N)C(=O)OC(C)C)cc1Br. The Bertz CT molecular complexity index is 478. The number of nitrogens with zero attached hydrogens (tertiary/aromatic N) is 1. The van der Waals surface area contributed by atoms with Gasteiger partial charge >= 0.3 is 5.97 Å². The Morgan fingerprint density at radius 1 is 1.65 bits per heavy atom. The minimum absolute atomic E-state index is 0.0208. The number of carbonyl (C=O) groups is 1. The van der Waals surface area contributed by atoms with Gasteiger partial charge in [0.15, 0.2) is 0 Å². The van der Waals surface area contributed by atoms with Gasteiger partial charge in [-0.25, -0.2) is 4.79 Å². The molecule has 17 heavy (non-hydrogen) atoms. The number of rotatable bonds is 3. The largest absolute Gasteiger partial charge is 0.459 e. The van der Waals surface area contributed by atoms with Gasteiger partial charge < -0.3 is 4.74 Å². The van der Waals surface area contributed by atoms with Crippen LogP contribution in [-0.4, -0.2) is 12.1 Å². The Balaban J connectivity index is 2.95. The molecule has 1 aromatic rings. The van der Waals surface area contributed by atoms with E-state index in [1.165, 1.54) is 11.3 Å². The van der Waals surface area contributed by atoms with E-state index >= 15 is 0 Å². The minimum Gasteiger partial charge on any atom is -0.459 e. The fraction of sp³-hybridized carbons (Fsp3) is 0.333. The van der Waals surface area contributed by atoms with Crippen LogP contribution >= 0.6 is 27.3 Å². The number of ether oxygens (including phenoxy) is 1. The Morgan fingerprint density at radius 2 is 2.29 bits per heavy atom. The molecule has 0 aliphatic carbocycles. The number of carbonyl (C=O) groups excluding carboxylic acids is 1. The molecular formula is C12H12BrNO2S. The smallest absolute Gasteiger partial charge is 0.349 e. The molecule has 1 aromatic heterocycles. The van der Waals surface area contributed by atoms with Gasteiger partial charge in [-0.1, -0.05) is 0 Å². The summed E-state index contributed by atoms with van der Waals surface area (Å²) in [4.78, 5) is 13.5. The van der Waals surface area contributed by atoms with Gasteiger partial charge in [-0.05, 0) is 48.8 Å². The summed E-state index contributed by atoms with van der Waals surface area (Å²) in [7, 11) is 0. The number of hydrogen-bond donors (Lipinski definition) is 0. The molecule has 0 aromatic carbocycles. The van der Waals surface area contributed by atoms with Gasteiger partial charge in [0, 0.05) is 14.2 Å². The molecule has 90 valence electrons. The molecule has 0 fully saturated rings. The molecule has 0 unspecified atom stereocenters. The van der Waals surface area contributed by atoms with E-state index in [0.717, 1.165) is 14.2 Å². The normalized spacial score (nSPS) is 11.4. The lowest BCUT2D eigenvalue weighted by molar-refractivity contribution is -0.142. The van der Waals surface area contributed by atoms with Crippen molar-refractivity contribution in [3.8, 4) is 6.07 Å². The van der Waals surface area contributed by atoms with E-state index in [9.17, 15) is 4.79 Å². The molecule has 0 saturated carbocycles. The topological polar surface area (TPSA) is 50.1 Å². The molecule has 0 saturated heterocycles. The molecule has 1 rings (SSSR count). The standard InChI is InChI=1S/C12H12BrNO2S/c1-7(2)16-12(15)9(6-14)4-10-5-11(13)8(3)17-10/h4-5,7H,1-3H3/b9-4+. The summed E-state index contributed by atoms with van der Waals surface area (Å²) in [5.74, 6) is -0.579. The summed E-state index contributed by atoms with van der Waals surface area (Å²) < 4.78 is 5.95. The van der Waals surface area contributed by atoms with Crippen LogP contribution in [0.4, 0.5) is 0 Å². The number of hydrogen-bond acceptors (Lipinski definition) is 4. The highest BCUT2D eigenvalue weighted by atomic mass is 79.9. The fourth-order valence-corrected chi connectivity index (χ4v) is 2.61. The highest BCUT2D eigenvalue weighted by Crippen LogP contribution is 2.28. The van der Waals surface area contributed by atoms with Crippen molar-refractivity contribution in [2.24, 2.45) is 0 Å². The zero-order chi connectivity index (χ0) is 13.0. The van der Waals surface area contributed by atoms with Crippen molar-refractivity contribution < 1.29 is 9.53 Å². The van der Waals surface area contributed by atoms with E-state index < -0.39 is 5.97 Å². The first kappa shape index (κ1) is 13.9.